The lowest BCUT2D eigenvalue weighted by atomic mass is 9.98. The molecule has 2 aromatic heterocycles. The quantitative estimate of drug-likeness (QED) is 0.301. The monoisotopic (exact) mass is 572 g/mol. The number of hydrogen-bond acceptors (Lipinski definition) is 8. The number of benzene rings is 1. The summed E-state index contributed by atoms with van der Waals surface area (Å²) in [4.78, 5) is 34.4. The van der Waals surface area contributed by atoms with Crippen molar-refractivity contribution in [3.05, 3.63) is 89.6 Å². The number of aryl methyl sites for hydroxylation is 1. The molecule has 0 atom stereocenters. The topological polar surface area (TPSA) is 119 Å². The number of alkyl halides is 3. The smallest absolute Gasteiger partial charge is 0.416 e. The Bertz CT molecular complexity index is 1870. The van der Waals surface area contributed by atoms with Crippen LogP contribution in [0.5, 0.6) is 5.88 Å². The first-order valence-electron chi connectivity index (χ1n) is 12.8. The van der Waals surface area contributed by atoms with Crippen molar-refractivity contribution in [3.63, 3.8) is 0 Å². The predicted octanol–water partition coefficient (Wildman–Crippen LogP) is 5.09. The van der Waals surface area contributed by atoms with Crippen LogP contribution in [0.25, 0.3) is 22.5 Å². The van der Waals surface area contributed by atoms with Crippen LogP contribution in [-0.2, 0) is 12.7 Å². The van der Waals surface area contributed by atoms with E-state index in [0.717, 1.165) is 46.4 Å². The van der Waals surface area contributed by atoms with Crippen LogP contribution in [0.1, 0.15) is 21.6 Å². The molecular formula is C29H23F3N8O2. The first kappa shape index (κ1) is 26.9. The normalized spacial score (nSPS) is 13.1. The van der Waals surface area contributed by atoms with Crippen molar-refractivity contribution in [2.45, 2.75) is 19.6 Å². The van der Waals surface area contributed by atoms with E-state index in [2.05, 4.69) is 30.6 Å². The van der Waals surface area contributed by atoms with Gasteiger partial charge in [0, 0.05) is 48.5 Å². The fourth-order valence-electron chi connectivity index (χ4n) is 4.77. The Kier molecular flexibility index (Phi) is 6.77. The van der Waals surface area contributed by atoms with Crippen LogP contribution in [0.15, 0.2) is 72.1 Å². The van der Waals surface area contributed by atoms with E-state index in [9.17, 15) is 18.0 Å². The van der Waals surface area contributed by atoms with Crippen molar-refractivity contribution < 1.29 is 22.7 Å². The van der Waals surface area contributed by atoms with Gasteiger partial charge in [-0.05, 0) is 60.5 Å². The van der Waals surface area contributed by atoms with Gasteiger partial charge >= 0.3 is 6.18 Å². The highest BCUT2D eigenvalue weighted by Crippen LogP contribution is 2.39. The minimum Gasteiger partial charge on any atom is -0.479 e. The van der Waals surface area contributed by atoms with Gasteiger partial charge in [0.1, 0.15) is 23.0 Å². The fraction of sp³-hybridized carbons (Fsp3) is 0.172. The number of fused-ring (bicyclic) bond motifs is 3. The number of amides is 1. The van der Waals surface area contributed by atoms with Crippen molar-refractivity contribution in [2.75, 3.05) is 24.3 Å². The Morgan fingerprint density at radius 2 is 1.93 bits per heavy atom. The number of halogens is 3. The van der Waals surface area contributed by atoms with E-state index >= 15 is 0 Å². The van der Waals surface area contributed by atoms with Gasteiger partial charge in [-0.3, -0.25) is 9.78 Å². The van der Waals surface area contributed by atoms with E-state index in [1.807, 2.05) is 23.6 Å². The van der Waals surface area contributed by atoms with Gasteiger partial charge in [-0.1, -0.05) is 6.07 Å². The summed E-state index contributed by atoms with van der Waals surface area (Å²) in [6, 6.07) is 12.3. The molecule has 0 spiro atoms. The van der Waals surface area contributed by atoms with Crippen LogP contribution in [0, 0.1) is 6.92 Å². The van der Waals surface area contributed by atoms with Gasteiger partial charge in [0.15, 0.2) is 0 Å². The van der Waals surface area contributed by atoms with Gasteiger partial charge in [-0.15, -0.1) is 0 Å². The molecule has 3 aliphatic rings. The van der Waals surface area contributed by atoms with Crippen LogP contribution in [0.3, 0.4) is 0 Å². The summed E-state index contributed by atoms with van der Waals surface area (Å²) in [6.45, 7) is 3.27. The average molecular weight is 573 g/mol. The van der Waals surface area contributed by atoms with Gasteiger partial charge in [0.2, 0.25) is 5.88 Å². The number of aromatic nitrogens is 5. The highest BCUT2D eigenvalue weighted by Gasteiger charge is 2.31. The predicted molar refractivity (Wildman–Crippen MR) is 149 cm³/mol. The summed E-state index contributed by atoms with van der Waals surface area (Å²) in [5.74, 6) is 1.13. The van der Waals surface area contributed by atoms with Crippen molar-refractivity contribution in [1.29, 1.82) is 0 Å². The Labute approximate surface area is 237 Å². The zero-order valence-electron chi connectivity index (χ0n) is 22.4. The number of carbonyl (C=O) groups excluding carboxylic acids is 1. The number of pyridine rings is 3. The molecule has 2 N–H and O–H groups in total. The van der Waals surface area contributed by atoms with Crippen molar-refractivity contribution in [2.24, 2.45) is 4.99 Å². The molecule has 0 unspecified atom stereocenters. The van der Waals surface area contributed by atoms with Crippen molar-refractivity contribution >= 4 is 23.1 Å². The van der Waals surface area contributed by atoms with Crippen LogP contribution in [-0.4, -0.2) is 44.1 Å². The van der Waals surface area contributed by atoms with E-state index in [4.69, 9.17) is 9.72 Å². The number of anilines is 2. The molecule has 0 saturated carbocycles. The number of rotatable bonds is 5. The lowest BCUT2D eigenvalue weighted by Gasteiger charge is -2.19. The second kappa shape index (κ2) is 10.6. The number of nitrogens with one attached hydrogen (secondary N) is 2. The molecule has 6 rings (SSSR count). The Morgan fingerprint density at radius 3 is 2.74 bits per heavy atom. The summed E-state index contributed by atoms with van der Waals surface area (Å²) in [6.07, 6.45) is -0.313. The van der Waals surface area contributed by atoms with Gasteiger partial charge in [0.05, 0.1) is 12.7 Å². The van der Waals surface area contributed by atoms with E-state index in [0.29, 0.717) is 36.2 Å². The van der Waals surface area contributed by atoms with Gasteiger partial charge < -0.3 is 19.9 Å². The molecule has 1 amide bonds. The molecule has 5 heterocycles. The highest BCUT2D eigenvalue weighted by molar-refractivity contribution is 6.03. The Morgan fingerprint density at radius 1 is 1.07 bits per heavy atom. The third-order valence-corrected chi connectivity index (χ3v) is 6.76. The molecule has 212 valence electrons. The Balaban J connectivity index is 1.38. The molecular weight excluding hydrogens is 549 g/mol. The molecule has 3 aromatic rings. The number of methoxy groups -OCH3 is 1. The number of hydrogen-bond donors (Lipinski definition) is 2. The van der Waals surface area contributed by atoms with Gasteiger partial charge in [-0.25, -0.2) is 15.0 Å². The first-order chi connectivity index (χ1) is 20.2. The standard InChI is InChI=1S/C29H23F3N8O2/c1-16-5-6-19(37-26(41)23-13-18(7-9-33-23)29(30,31)32)14-20(16)21-12-17-15-36-28(38-22-4-3-8-35-27(22)42-2)39-24(17)40-11-10-34-25(21)40/h3-9,12-15,34H,10-11H2,1-2H3,(H,37,41). The van der Waals surface area contributed by atoms with Crippen LogP contribution < -0.4 is 21.0 Å². The highest BCUT2D eigenvalue weighted by atomic mass is 19.4. The second-order valence-electron chi connectivity index (χ2n) is 9.49. The van der Waals surface area contributed by atoms with Crippen LogP contribution in [0.4, 0.5) is 30.4 Å². The molecule has 42 heavy (non-hydrogen) atoms. The summed E-state index contributed by atoms with van der Waals surface area (Å²) in [5.41, 5.74) is 3.27. The summed E-state index contributed by atoms with van der Waals surface area (Å²) in [5, 5.41) is 6.09. The minimum atomic E-state index is -4.58. The van der Waals surface area contributed by atoms with Crippen LogP contribution >= 0.6 is 0 Å². The average Bonchev–Trinajstić information content (AvgIpc) is 3.48. The summed E-state index contributed by atoms with van der Waals surface area (Å²) >= 11 is 0. The second-order valence-corrected chi connectivity index (χ2v) is 9.49. The zero-order chi connectivity index (χ0) is 29.4. The van der Waals surface area contributed by atoms with E-state index in [1.54, 1.807) is 36.7 Å². The molecule has 0 aliphatic carbocycles. The molecule has 13 heteroatoms. The third kappa shape index (κ3) is 5.11. The minimum absolute atomic E-state index is 0.257. The fourth-order valence-corrected chi connectivity index (χ4v) is 4.77. The summed E-state index contributed by atoms with van der Waals surface area (Å²) in [7, 11) is 1.52. The van der Waals surface area contributed by atoms with E-state index in [-0.39, 0.29) is 11.3 Å². The maximum absolute atomic E-state index is 13.1. The van der Waals surface area contributed by atoms with E-state index in [1.165, 1.54) is 7.11 Å². The lowest BCUT2D eigenvalue weighted by molar-refractivity contribution is -0.137. The summed E-state index contributed by atoms with van der Waals surface area (Å²) < 4.78 is 46.7. The molecule has 0 radical (unpaired) electrons. The number of ether oxygens (including phenoxy) is 1. The number of nitrogens with zero attached hydrogens (tertiary/aromatic N) is 6. The molecule has 3 aliphatic heterocycles. The first-order valence-corrected chi connectivity index (χ1v) is 12.8. The van der Waals surface area contributed by atoms with Gasteiger partial charge in [0.25, 0.3) is 11.5 Å². The van der Waals surface area contributed by atoms with Gasteiger partial charge in [-0.2, -0.15) is 18.2 Å². The molecule has 0 fully saturated rings. The maximum Gasteiger partial charge on any atom is 0.416 e. The van der Waals surface area contributed by atoms with E-state index < -0.39 is 17.6 Å². The SMILES string of the molecule is COc1ncccc1N=c1ncc2cc(-c3cc(NC(=O)c4cc(C(F)(F)F)ccn4)ccc3C)c3n(c-2n1)CCN3. The van der Waals surface area contributed by atoms with Crippen molar-refractivity contribution in [1.82, 2.24) is 24.5 Å². The Hall–Kier alpha value is -5.33. The molecule has 10 nitrogen and oxygen atoms in total. The lowest BCUT2D eigenvalue weighted by Crippen LogP contribution is -2.17. The van der Waals surface area contributed by atoms with Crippen molar-refractivity contribution in [3.8, 4) is 28.4 Å². The van der Waals surface area contributed by atoms with Crippen LogP contribution in [0.2, 0.25) is 0 Å². The molecule has 1 aromatic carbocycles. The molecule has 0 saturated heterocycles. The maximum atomic E-state index is 13.1. The third-order valence-electron chi connectivity index (χ3n) is 6.76. The molecule has 0 bridgehead atoms. The largest absolute Gasteiger partial charge is 0.479 e. The number of carbonyl (C=O) groups is 1. The zero-order valence-corrected chi connectivity index (χ0v) is 22.4.